The lowest BCUT2D eigenvalue weighted by atomic mass is 9.87. The zero-order valence-corrected chi connectivity index (χ0v) is 15.7. The fourth-order valence-electron chi connectivity index (χ4n) is 3.34. The van der Waals surface area contributed by atoms with Crippen molar-refractivity contribution in [3.63, 3.8) is 0 Å². The molecule has 8 nitrogen and oxygen atoms in total. The Hall–Kier alpha value is -1.96. The lowest BCUT2D eigenvalue weighted by Gasteiger charge is -2.41. The average Bonchev–Trinajstić information content (AvgIpc) is 2.90. The average molecular weight is 351 g/mol. The highest BCUT2D eigenvalue weighted by molar-refractivity contribution is 5.76. The second-order valence-electron chi connectivity index (χ2n) is 6.71. The van der Waals surface area contributed by atoms with Gasteiger partial charge in [0.25, 0.3) is 0 Å². The Bertz CT molecular complexity index is 615. The Kier molecular flexibility index (Phi) is 6.52. The van der Waals surface area contributed by atoms with Gasteiger partial charge in [-0.05, 0) is 33.1 Å². The summed E-state index contributed by atoms with van der Waals surface area (Å²) in [5, 5.41) is 7.19. The summed E-state index contributed by atoms with van der Waals surface area (Å²) in [6.45, 7) is 7.77. The van der Waals surface area contributed by atoms with E-state index in [1.807, 2.05) is 13.8 Å². The van der Waals surface area contributed by atoms with Gasteiger partial charge >= 0.3 is 0 Å². The van der Waals surface area contributed by atoms with Gasteiger partial charge in [-0.25, -0.2) is 9.67 Å². The number of carbonyl (C=O) groups excluding carboxylic acids is 2. The van der Waals surface area contributed by atoms with E-state index in [2.05, 4.69) is 15.4 Å². The topological polar surface area (TPSA) is 89.3 Å². The number of carbonyl (C=O) groups is 2. The number of rotatable bonds is 7. The lowest BCUT2D eigenvalue weighted by molar-refractivity contribution is -0.139. The smallest absolute Gasteiger partial charge is 0.220 e. The van der Waals surface area contributed by atoms with Gasteiger partial charge in [0.15, 0.2) is 0 Å². The summed E-state index contributed by atoms with van der Waals surface area (Å²) in [7, 11) is 1.66. The molecule has 0 aromatic carbocycles. The Morgan fingerprint density at radius 2 is 2.12 bits per heavy atom. The molecule has 2 heterocycles. The number of aromatic nitrogens is 3. The number of ether oxygens (including phenoxy) is 1. The summed E-state index contributed by atoms with van der Waals surface area (Å²) in [4.78, 5) is 29.8. The zero-order chi connectivity index (χ0) is 18.4. The van der Waals surface area contributed by atoms with Crippen LogP contribution in [0.1, 0.15) is 44.3 Å². The molecule has 1 saturated heterocycles. The van der Waals surface area contributed by atoms with Crippen LogP contribution in [0.3, 0.4) is 0 Å². The molecule has 140 valence electrons. The molecule has 0 spiro atoms. The second-order valence-corrected chi connectivity index (χ2v) is 6.71. The van der Waals surface area contributed by atoms with Crippen LogP contribution >= 0.6 is 0 Å². The highest BCUT2D eigenvalue weighted by Gasteiger charge is 2.36. The molecule has 2 amide bonds. The maximum Gasteiger partial charge on any atom is 0.220 e. The minimum absolute atomic E-state index is 0.00846. The Morgan fingerprint density at radius 3 is 2.72 bits per heavy atom. The SMILES string of the molecule is CO[C@@]1(CCC(=O)NCCn2nc(C)nc2C)CCCN(C(C)=O)C1. The number of amides is 2. The summed E-state index contributed by atoms with van der Waals surface area (Å²) in [6.07, 6.45) is 2.77. The number of likely N-dealkylation sites (tertiary alicyclic amines) is 1. The Balaban J connectivity index is 1.77. The van der Waals surface area contributed by atoms with Gasteiger partial charge in [-0.1, -0.05) is 0 Å². The fourth-order valence-corrected chi connectivity index (χ4v) is 3.34. The van der Waals surface area contributed by atoms with E-state index in [-0.39, 0.29) is 11.8 Å². The summed E-state index contributed by atoms with van der Waals surface area (Å²) in [5.41, 5.74) is -0.416. The monoisotopic (exact) mass is 351 g/mol. The summed E-state index contributed by atoms with van der Waals surface area (Å²) in [6, 6.07) is 0. The van der Waals surface area contributed by atoms with Crippen LogP contribution in [0.15, 0.2) is 0 Å². The third-order valence-corrected chi connectivity index (χ3v) is 4.83. The van der Waals surface area contributed by atoms with Crippen molar-refractivity contribution in [3.8, 4) is 0 Å². The standard InChI is InChI=1S/C17H29N5O3/c1-13-19-14(2)22(20-13)11-9-18-16(24)6-8-17(25-4)7-5-10-21(12-17)15(3)23/h5-12H2,1-4H3,(H,18,24)/t17-/m1/s1. The molecule has 0 unspecified atom stereocenters. The minimum Gasteiger partial charge on any atom is -0.376 e. The van der Waals surface area contributed by atoms with Crippen LogP contribution in [0.2, 0.25) is 0 Å². The van der Waals surface area contributed by atoms with Crippen molar-refractivity contribution in [2.75, 3.05) is 26.7 Å². The van der Waals surface area contributed by atoms with Crippen molar-refractivity contribution in [1.82, 2.24) is 25.0 Å². The molecule has 25 heavy (non-hydrogen) atoms. The van der Waals surface area contributed by atoms with Crippen molar-refractivity contribution in [2.45, 2.75) is 58.6 Å². The molecule has 1 atom stereocenters. The van der Waals surface area contributed by atoms with Gasteiger partial charge in [-0.15, -0.1) is 0 Å². The number of nitrogens with zero attached hydrogens (tertiary/aromatic N) is 4. The van der Waals surface area contributed by atoms with Crippen molar-refractivity contribution >= 4 is 11.8 Å². The van der Waals surface area contributed by atoms with E-state index in [0.29, 0.717) is 32.5 Å². The van der Waals surface area contributed by atoms with E-state index in [1.165, 1.54) is 0 Å². The molecule has 2 rings (SSSR count). The molecular weight excluding hydrogens is 322 g/mol. The molecule has 1 aliphatic heterocycles. The van der Waals surface area contributed by atoms with Crippen LogP contribution in [0.4, 0.5) is 0 Å². The van der Waals surface area contributed by atoms with Crippen molar-refractivity contribution in [2.24, 2.45) is 0 Å². The van der Waals surface area contributed by atoms with Crippen molar-refractivity contribution in [3.05, 3.63) is 11.6 Å². The van der Waals surface area contributed by atoms with Crippen LogP contribution in [0.25, 0.3) is 0 Å². The van der Waals surface area contributed by atoms with E-state index in [9.17, 15) is 9.59 Å². The predicted octanol–water partition coefficient (Wildman–Crippen LogP) is 0.819. The van der Waals surface area contributed by atoms with Gasteiger partial charge in [0.1, 0.15) is 11.6 Å². The van der Waals surface area contributed by atoms with Crippen LogP contribution in [0, 0.1) is 13.8 Å². The predicted molar refractivity (Wildman–Crippen MR) is 93.0 cm³/mol. The van der Waals surface area contributed by atoms with Crippen molar-refractivity contribution in [1.29, 1.82) is 0 Å². The number of hydrogen-bond donors (Lipinski definition) is 1. The number of piperidine rings is 1. The first kappa shape index (κ1) is 19.4. The highest BCUT2D eigenvalue weighted by atomic mass is 16.5. The maximum atomic E-state index is 12.1. The number of aryl methyl sites for hydroxylation is 2. The van der Waals surface area contributed by atoms with Gasteiger partial charge in [-0.3, -0.25) is 9.59 Å². The molecule has 1 aliphatic rings. The highest BCUT2D eigenvalue weighted by Crippen LogP contribution is 2.29. The quantitative estimate of drug-likeness (QED) is 0.785. The molecule has 0 bridgehead atoms. The largest absolute Gasteiger partial charge is 0.376 e. The fraction of sp³-hybridized carbons (Fsp3) is 0.765. The van der Waals surface area contributed by atoms with E-state index < -0.39 is 5.60 Å². The van der Waals surface area contributed by atoms with Crippen LogP contribution in [-0.2, 0) is 20.9 Å². The van der Waals surface area contributed by atoms with Gasteiger partial charge in [0.2, 0.25) is 11.8 Å². The molecule has 8 heteroatoms. The van der Waals surface area contributed by atoms with Gasteiger partial charge in [0.05, 0.1) is 12.1 Å². The third kappa shape index (κ3) is 5.26. The number of methoxy groups -OCH3 is 1. The van der Waals surface area contributed by atoms with Crippen molar-refractivity contribution < 1.29 is 14.3 Å². The zero-order valence-electron chi connectivity index (χ0n) is 15.7. The molecule has 0 aliphatic carbocycles. The number of nitrogens with one attached hydrogen (secondary N) is 1. The first-order valence-corrected chi connectivity index (χ1v) is 8.81. The number of hydrogen-bond acceptors (Lipinski definition) is 5. The summed E-state index contributed by atoms with van der Waals surface area (Å²) < 4.78 is 7.50. The molecule has 1 fully saturated rings. The molecule has 0 radical (unpaired) electrons. The van der Waals surface area contributed by atoms with Crippen LogP contribution < -0.4 is 5.32 Å². The normalized spacial score (nSPS) is 20.6. The molecule has 0 saturated carbocycles. The molecule has 1 aromatic heterocycles. The third-order valence-electron chi connectivity index (χ3n) is 4.83. The summed E-state index contributed by atoms with van der Waals surface area (Å²) in [5.74, 6) is 1.63. The maximum absolute atomic E-state index is 12.1. The Labute approximate surface area is 148 Å². The van der Waals surface area contributed by atoms with Gasteiger partial charge in [-0.2, -0.15) is 5.10 Å². The molecule has 1 aromatic rings. The van der Waals surface area contributed by atoms with E-state index in [0.717, 1.165) is 31.0 Å². The van der Waals surface area contributed by atoms with E-state index >= 15 is 0 Å². The summed E-state index contributed by atoms with van der Waals surface area (Å²) >= 11 is 0. The van der Waals surface area contributed by atoms with Gasteiger partial charge in [0, 0.05) is 40.1 Å². The second kappa shape index (κ2) is 8.42. The molecule has 1 N–H and O–H groups in total. The lowest BCUT2D eigenvalue weighted by Crippen LogP contribution is -2.51. The van der Waals surface area contributed by atoms with E-state index in [4.69, 9.17) is 4.74 Å². The van der Waals surface area contributed by atoms with Crippen LogP contribution in [0.5, 0.6) is 0 Å². The van der Waals surface area contributed by atoms with Crippen LogP contribution in [-0.4, -0.2) is 63.8 Å². The first-order valence-electron chi connectivity index (χ1n) is 8.81. The minimum atomic E-state index is -0.416. The Morgan fingerprint density at radius 1 is 1.36 bits per heavy atom. The van der Waals surface area contributed by atoms with E-state index in [1.54, 1.807) is 23.6 Å². The molecular formula is C17H29N5O3. The first-order chi connectivity index (χ1) is 11.8. The van der Waals surface area contributed by atoms with Gasteiger partial charge < -0.3 is 15.0 Å².